The highest BCUT2D eigenvalue weighted by molar-refractivity contribution is 5.90. The molecule has 0 saturated heterocycles. The van der Waals surface area contributed by atoms with E-state index in [2.05, 4.69) is 6.58 Å². The van der Waals surface area contributed by atoms with Crippen LogP contribution in [0.2, 0.25) is 0 Å². The van der Waals surface area contributed by atoms with Gasteiger partial charge in [-0.05, 0) is 11.1 Å². The summed E-state index contributed by atoms with van der Waals surface area (Å²) in [6.45, 7) is 3.65. The average Bonchev–Trinajstić information content (AvgIpc) is 2.42. The fraction of sp³-hybridized carbons (Fsp3) is 0.118. The number of allylic oxidation sites excluding steroid dienone is 1. The van der Waals surface area contributed by atoms with Crippen LogP contribution in [-0.4, -0.2) is 5.78 Å². The van der Waals surface area contributed by atoms with E-state index >= 15 is 0 Å². The second-order valence-corrected chi connectivity index (χ2v) is 4.21. The van der Waals surface area contributed by atoms with E-state index in [1.807, 2.05) is 60.7 Å². The molecular weight excluding hydrogens is 220 g/mol. The zero-order valence-corrected chi connectivity index (χ0v) is 10.3. The lowest BCUT2D eigenvalue weighted by Gasteiger charge is -2.16. The topological polar surface area (TPSA) is 17.1 Å². The van der Waals surface area contributed by atoms with Crippen molar-refractivity contribution in [1.82, 2.24) is 0 Å². The third-order valence-electron chi connectivity index (χ3n) is 2.93. The van der Waals surface area contributed by atoms with E-state index in [0.717, 1.165) is 11.1 Å². The van der Waals surface area contributed by atoms with E-state index in [4.69, 9.17) is 0 Å². The van der Waals surface area contributed by atoms with Crippen molar-refractivity contribution in [2.24, 2.45) is 0 Å². The van der Waals surface area contributed by atoms with Crippen molar-refractivity contribution in [3.63, 3.8) is 0 Å². The Kier molecular flexibility index (Phi) is 4.08. The molecule has 0 amide bonds. The third-order valence-corrected chi connectivity index (χ3v) is 2.93. The molecule has 90 valence electrons. The first-order chi connectivity index (χ1) is 8.83. The van der Waals surface area contributed by atoms with Gasteiger partial charge in [-0.1, -0.05) is 66.7 Å². The zero-order valence-electron chi connectivity index (χ0n) is 10.3. The number of carbonyl (C=O) groups is 1. The molecule has 2 rings (SSSR count). The van der Waals surface area contributed by atoms with Crippen LogP contribution in [0.5, 0.6) is 0 Å². The Labute approximate surface area is 108 Å². The quantitative estimate of drug-likeness (QED) is 0.718. The standard InChI is InChI=1S/C17H16O/c1-2-9-16(18)17(14-10-5-3-6-11-14)15-12-7-4-8-13-15/h2-8,10-13,17H,1,9H2. The smallest absolute Gasteiger partial charge is 0.148 e. The second-order valence-electron chi connectivity index (χ2n) is 4.21. The Bertz CT molecular complexity index is 474. The van der Waals surface area contributed by atoms with Crippen LogP contribution in [0.3, 0.4) is 0 Å². The first kappa shape index (κ1) is 12.3. The van der Waals surface area contributed by atoms with Gasteiger partial charge in [-0.25, -0.2) is 0 Å². The number of benzene rings is 2. The molecule has 2 aromatic carbocycles. The Hall–Kier alpha value is -2.15. The zero-order chi connectivity index (χ0) is 12.8. The van der Waals surface area contributed by atoms with Gasteiger partial charge in [0.05, 0.1) is 5.92 Å². The third kappa shape index (κ3) is 2.75. The van der Waals surface area contributed by atoms with Crippen molar-refractivity contribution < 1.29 is 4.79 Å². The van der Waals surface area contributed by atoms with Gasteiger partial charge in [0.2, 0.25) is 0 Å². The molecule has 1 nitrogen and oxygen atoms in total. The molecule has 2 aromatic rings. The summed E-state index contributed by atoms with van der Waals surface area (Å²) < 4.78 is 0. The van der Waals surface area contributed by atoms with Gasteiger partial charge in [0.1, 0.15) is 5.78 Å². The van der Waals surface area contributed by atoms with E-state index < -0.39 is 0 Å². The van der Waals surface area contributed by atoms with Crippen LogP contribution in [0, 0.1) is 0 Å². The van der Waals surface area contributed by atoms with E-state index in [-0.39, 0.29) is 11.7 Å². The minimum atomic E-state index is -0.189. The number of carbonyl (C=O) groups excluding carboxylic acids is 1. The molecule has 0 aromatic heterocycles. The Morgan fingerprint density at radius 1 is 0.944 bits per heavy atom. The maximum absolute atomic E-state index is 12.3. The van der Waals surface area contributed by atoms with Crippen LogP contribution in [0.25, 0.3) is 0 Å². The van der Waals surface area contributed by atoms with Crippen LogP contribution in [0.15, 0.2) is 73.3 Å². The Morgan fingerprint density at radius 3 is 1.78 bits per heavy atom. The fourth-order valence-electron chi connectivity index (χ4n) is 2.12. The normalized spacial score (nSPS) is 10.3. The van der Waals surface area contributed by atoms with Crippen molar-refractivity contribution >= 4 is 5.78 Å². The van der Waals surface area contributed by atoms with E-state index in [1.165, 1.54) is 0 Å². The minimum Gasteiger partial charge on any atom is -0.298 e. The van der Waals surface area contributed by atoms with Gasteiger partial charge >= 0.3 is 0 Å². The number of rotatable bonds is 5. The summed E-state index contributed by atoms with van der Waals surface area (Å²) in [5, 5.41) is 0. The first-order valence-electron chi connectivity index (χ1n) is 6.06. The largest absolute Gasteiger partial charge is 0.298 e. The van der Waals surface area contributed by atoms with Gasteiger partial charge in [0, 0.05) is 6.42 Å². The van der Waals surface area contributed by atoms with Gasteiger partial charge in [-0.3, -0.25) is 4.79 Å². The predicted molar refractivity (Wildman–Crippen MR) is 74.5 cm³/mol. The summed E-state index contributed by atoms with van der Waals surface area (Å²) in [6.07, 6.45) is 2.07. The summed E-state index contributed by atoms with van der Waals surface area (Å²) in [5.74, 6) is -0.00667. The van der Waals surface area contributed by atoms with Crippen LogP contribution in [0.4, 0.5) is 0 Å². The summed E-state index contributed by atoms with van der Waals surface area (Å²) in [7, 11) is 0. The highest BCUT2D eigenvalue weighted by Gasteiger charge is 2.20. The Morgan fingerprint density at radius 2 is 1.39 bits per heavy atom. The maximum Gasteiger partial charge on any atom is 0.148 e. The molecule has 0 N–H and O–H groups in total. The monoisotopic (exact) mass is 236 g/mol. The molecule has 0 aliphatic carbocycles. The molecule has 0 spiro atoms. The number of hydrogen-bond acceptors (Lipinski definition) is 1. The Balaban J connectivity index is 2.41. The van der Waals surface area contributed by atoms with Crippen LogP contribution < -0.4 is 0 Å². The summed E-state index contributed by atoms with van der Waals surface area (Å²) in [5.41, 5.74) is 2.08. The molecule has 0 unspecified atom stereocenters. The average molecular weight is 236 g/mol. The van der Waals surface area contributed by atoms with E-state index in [9.17, 15) is 4.79 Å². The molecule has 18 heavy (non-hydrogen) atoms. The molecule has 0 heterocycles. The van der Waals surface area contributed by atoms with Crippen LogP contribution in [0.1, 0.15) is 23.5 Å². The number of Topliss-reactive ketones (excluding diaryl/α,β-unsaturated/α-hetero) is 1. The molecule has 0 atom stereocenters. The molecule has 0 radical (unpaired) electrons. The molecular formula is C17H16O. The number of hydrogen-bond donors (Lipinski definition) is 0. The van der Waals surface area contributed by atoms with Gasteiger partial charge in [0.25, 0.3) is 0 Å². The summed E-state index contributed by atoms with van der Waals surface area (Å²) in [6, 6.07) is 19.8. The number of ketones is 1. The van der Waals surface area contributed by atoms with Crippen LogP contribution in [-0.2, 0) is 4.79 Å². The molecule has 0 fully saturated rings. The van der Waals surface area contributed by atoms with Gasteiger partial charge in [-0.2, -0.15) is 0 Å². The molecule has 0 aliphatic heterocycles. The fourth-order valence-corrected chi connectivity index (χ4v) is 2.12. The van der Waals surface area contributed by atoms with Crippen molar-refractivity contribution in [3.8, 4) is 0 Å². The lowest BCUT2D eigenvalue weighted by atomic mass is 9.86. The van der Waals surface area contributed by atoms with Gasteiger partial charge in [-0.15, -0.1) is 6.58 Å². The van der Waals surface area contributed by atoms with E-state index in [1.54, 1.807) is 6.08 Å². The predicted octanol–water partition coefficient (Wildman–Crippen LogP) is 3.96. The molecule has 0 bridgehead atoms. The van der Waals surface area contributed by atoms with Crippen molar-refractivity contribution in [1.29, 1.82) is 0 Å². The molecule has 0 saturated carbocycles. The van der Waals surface area contributed by atoms with Crippen molar-refractivity contribution in [2.75, 3.05) is 0 Å². The maximum atomic E-state index is 12.3. The second kappa shape index (κ2) is 5.97. The summed E-state index contributed by atoms with van der Waals surface area (Å²) in [4.78, 5) is 12.3. The lowest BCUT2D eigenvalue weighted by Crippen LogP contribution is -2.13. The highest BCUT2D eigenvalue weighted by Crippen LogP contribution is 2.26. The highest BCUT2D eigenvalue weighted by atomic mass is 16.1. The lowest BCUT2D eigenvalue weighted by molar-refractivity contribution is -0.118. The SMILES string of the molecule is C=CCC(=O)C(c1ccccc1)c1ccccc1. The molecule has 0 aliphatic rings. The molecule has 1 heteroatoms. The van der Waals surface area contributed by atoms with Crippen LogP contribution >= 0.6 is 0 Å². The van der Waals surface area contributed by atoms with Crippen molar-refractivity contribution in [2.45, 2.75) is 12.3 Å². The van der Waals surface area contributed by atoms with Gasteiger partial charge in [0.15, 0.2) is 0 Å². The van der Waals surface area contributed by atoms with Crippen molar-refractivity contribution in [3.05, 3.63) is 84.4 Å². The summed E-state index contributed by atoms with van der Waals surface area (Å²) >= 11 is 0. The minimum absolute atomic E-state index is 0.183. The van der Waals surface area contributed by atoms with E-state index in [0.29, 0.717) is 6.42 Å². The first-order valence-corrected chi connectivity index (χ1v) is 6.06. The van der Waals surface area contributed by atoms with Gasteiger partial charge < -0.3 is 0 Å².